The van der Waals surface area contributed by atoms with E-state index >= 15 is 0 Å². The molecule has 0 aliphatic carbocycles. The Hall–Kier alpha value is -1.65. The highest BCUT2D eigenvalue weighted by Gasteiger charge is 2.16. The van der Waals surface area contributed by atoms with E-state index < -0.39 is 0 Å². The van der Waals surface area contributed by atoms with Crippen LogP contribution in [0.25, 0.3) is 0 Å². The number of aryl methyl sites for hydroxylation is 1. The van der Waals surface area contributed by atoms with Crippen LogP contribution in [-0.4, -0.2) is 31.4 Å². The smallest absolute Gasteiger partial charge is 0.224 e. The maximum atomic E-state index is 12.1. The SMILES string of the molecule is Cc1ccc(CC(=O)NCC(c2cccs2)N(C)C)cc1. The highest BCUT2D eigenvalue weighted by atomic mass is 32.1. The largest absolute Gasteiger partial charge is 0.354 e. The molecule has 1 unspecified atom stereocenters. The van der Waals surface area contributed by atoms with Crippen LogP contribution < -0.4 is 5.32 Å². The third kappa shape index (κ3) is 4.69. The maximum Gasteiger partial charge on any atom is 0.224 e. The standard InChI is InChI=1S/C17H22N2OS/c1-13-6-8-14(9-7-13)11-17(20)18-12-15(19(2)3)16-5-4-10-21-16/h4-10,15H,11-12H2,1-3H3,(H,18,20). The van der Waals surface area contributed by atoms with E-state index in [4.69, 9.17) is 0 Å². The van der Waals surface area contributed by atoms with Crippen LogP contribution in [0.15, 0.2) is 41.8 Å². The first kappa shape index (κ1) is 15.7. The van der Waals surface area contributed by atoms with Crippen molar-refractivity contribution in [1.29, 1.82) is 0 Å². The number of carbonyl (C=O) groups excluding carboxylic acids is 1. The Morgan fingerprint density at radius 2 is 1.95 bits per heavy atom. The molecule has 0 fully saturated rings. The Balaban J connectivity index is 1.89. The van der Waals surface area contributed by atoms with E-state index in [1.807, 2.05) is 51.4 Å². The highest BCUT2D eigenvalue weighted by Crippen LogP contribution is 2.22. The second-order valence-corrected chi connectivity index (χ2v) is 6.44. The minimum atomic E-state index is 0.0715. The second-order valence-electron chi connectivity index (χ2n) is 5.46. The summed E-state index contributed by atoms with van der Waals surface area (Å²) in [5.74, 6) is 0.0715. The summed E-state index contributed by atoms with van der Waals surface area (Å²) in [6.45, 7) is 2.69. The number of hydrogen-bond acceptors (Lipinski definition) is 3. The molecule has 1 aromatic heterocycles. The summed E-state index contributed by atoms with van der Waals surface area (Å²) in [5.41, 5.74) is 2.26. The van der Waals surface area contributed by atoms with Gasteiger partial charge in [-0.15, -0.1) is 11.3 Å². The van der Waals surface area contributed by atoms with E-state index in [2.05, 4.69) is 21.7 Å². The van der Waals surface area contributed by atoms with Gasteiger partial charge in [-0.25, -0.2) is 0 Å². The van der Waals surface area contributed by atoms with E-state index in [0.29, 0.717) is 13.0 Å². The zero-order valence-corrected chi connectivity index (χ0v) is 13.6. The summed E-state index contributed by atoms with van der Waals surface area (Å²) in [4.78, 5) is 15.5. The van der Waals surface area contributed by atoms with E-state index in [0.717, 1.165) is 5.56 Å². The van der Waals surface area contributed by atoms with Crippen LogP contribution in [0.3, 0.4) is 0 Å². The number of rotatable bonds is 6. The third-order valence-electron chi connectivity index (χ3n) is 3.47. The summed E-state index contributed by atoms with van der Waals surface area (Å²) in [7, 11) is 4.08. The maximum absolute atomic E-state index is 12.1. The number of benzene rings is 1. The van der Waals surface area contributed by atoms with Crippen molar-refractivity contribution in [2.45, 2.75) is 19.4 Å². The zero-order valence-electron chi connectivity index (χ0n) is 12.8. The number of thiophene rings is 1. The van der Waals surface area contributed by atoms with Crippen molar-refractivity contribution in [3.63, 3.8) is 0 Å². The first-order valence-electron chi connectivity index (χ1n) is 7.08. The summed E-state index contributed by atoms with van der Waals surface area (Å²) in [6.07, 6.45) is 0.435. The fraction of sp³-hybridized carbons (Fsp3) is 0.353. The van der Waals surface area contributed by atoms with E-state index in [9.17, 15) is 4.79 Å². The lowest BCUT2D eigenvalue weighted by atomic mass is 10.1. The lowest BCUT2D eigenvalue weighted by molar-refractivity contribution is -0.120. The normalized spacial score (nSPS) is 12.4. The van der Waals surface area contributed by atoms with Crippen LogP contribution in [0.4, 0.5) is 0 Å². The van der Waals surface area contributed by atoms with Gasteiger partial charge in [-0.05, 0) is 38.0 Å². The summed E-state index contributed by atoms with van der Waals surface area (Å²) in [6, 6.07) is 12.5. The number of nitrogens with zero attached hydrogens (tertiary/aromatic N) is 1. The van der Waals surface area contributed by atoms with Gasteiger partial charge in [0.15, 0.2) is 0 Å². The number of carbonyl (C=O) groups is 1. The molecule has 2 rings (SSSR count). The summed E-state index contributed by atoms with van der Waals surface area (Å²) >= 11 is 1.72. The van der Waals surface area contributed by atoms with Gasteiger partial charge in [0.25, 0.3) is 0 Å². The van der Waals surface area contributed by atoms with Gasteiger partial charge in [-0.2, -0.15) is 0 Å². The van der Waals surface area contributed by atoms with Crippen LogP contribution in [-0.2, 0) is 11.2 Å². The minimum Gasteiger partial charge on any atom is -0.354 e. The zero-order chi connectivity index (χ0) is 15.2. The Bertz CT molecular complexity index is 561. The average molecular weight is 302 g/mol. The molecule has 112 valence electrons. The number of hydrogen-bond donors (Lipinski definition) is 1. The van der Waals surface area contributed by atoms with Crippen LogP contribution >= 0.6 is 11.3 Å². The van der Waals surface area contributed by atoms with Crippen LogP contribution in [0.5, 0.6) is 0 Å². The van der Waals surface area contributed by atoms with Gasteiger partial charge < -0.3 is 10.2 Å². The second kappa shape index (κ2) is 7.38. The van der Waals surface area contributed by atoms with Crippen molar-refractivity contribution in [2.24, 2.45) is 0 Å². The molecule has 2 aromatic rings. The molecular weight excluding hydrogens is 280 g/mol. The van der Waals surface area contributed by atoms with Gasteiger partial charge in [-0.3, -0.25) is 4.79 Å². The predicted molar refractivity (Wildman–Crippen MR) is 88.6 cm³/mol. The van der Waals surface area contributed by atoms with Gasteiger partial charge >= 0.3 is 0 Å². The Morgan fingerprint density at radius 3 is 2.52 bits per heavy atom. The van der Waals surface area contributed by atoms with Crippen molar-refractivity contribution in [3.8, 4) is 0 Å². The number of likely N-dealkylation sites (N-methyl/N-ethyl adjacent to an activating group) is 1. The molecule has 0 aliphatic rings. The van der Waals surface area contributed by atoms with Crippen LogP contribution in [0.2, 0.25) is 0 Å². The lowest BCUT2D eigenvalue weighted by Crippen LogP contribution is -2.34. The van der Waals surface area contributed by atoms with Crippen molar-refractivity contribution in [2.75, 3.05) is 20.6 Å². The Labute approximate surface area is 130 Å². The molecular formula is C17H22N2OS. The van der Waals surface area contributed by atoms with E-state index in [1.165, 1.54) is 10.4 Å². The first-order chi connectivity index (χ1) is 10.1. The molecule has 0 radical (unpaired) electrons. The molecule has 0 saturated carbocycles. The summed E-state index contributed by atoms with van der Waals surface area (Å²) < 4.78 is 0. The number of amides is 1. The molecule has 1 N–H and O–H groups in total. The van der Waals surface area contributed by atoms with Crippen molar-refractivity contribution in [1.82, 2.24) is 10.2 Å². The topological polar surface area (TPSA) is 32.3 Å². The number of nitrogens with one attached hydrogen (secondary N) is 1. The molecule has 21 heavy (non-hydrogen) atoms. The van der Waals surface area contributed by atoms with Crippen molar-refractivity contribution < 1.29 is 4.79 Å². The van der Waals surface area contributed by atoms with Gasteiger partial charge in [-0.1, -0.05) is 35.9 Å². The predicted octanol–water partition coefficient (Wildman–Crippen LogP) is 3.02. The van der Waals surface area contributed by atoms with E-state index in [-0.39, 0.29) is 11.9 Å². The first-order valence-corrected chi connectivity index (χ1v) is 7.96. The fourth-order valence-electron chi connectivity index (χ4n) is 2.18. The lowest BCUT2D eigenvalue weighted by Gasteiger charge is -2.23. The molecule has 0 saturated heterocycles. The Kier molecular flexibility index (Phi) is 5.53. The fourth-order valence-corrected chi connectivity index (χ4v) is 3.11. The Morgan fingerprint density at radius 1 is 1.24 bits per heavy atom. The van der Waals surface area contributed by atoms with Crippen LogP contribution in [0.1, 0.15) is 22.0 Å². The van der Waals surface area contributed by atoms with Gasteiger partial charge in [0.2, 0.25) is 5.91 Å². The molecule has 0 spiro atoms. The molecule has 1 atom stereocenters. The van der Waals surface area contributed by atoms with Gasteiger partial charge in [0.1, 0.15) is 0 Å². The summed E-state index contributed by atoms with van der Waals surface area (Å²) in [5, 5.41) is 5.11. The van der Waals surface area contributed by atoms with E-state index in [1.54, 1.807) is 11.3 Å². The quantitative estimate of drug-likeness (QED) is 0.889. The van der Waals surface area contributed by atoms with Crippen molar-refractivity contribution >= 4 is 17.2 Å². The minimum absolute atomic E-state index is 0.0715. The molecule has 4 heteroatoms. The van der Waals surface area contributed by atoms with Gasteiger partial charge in [0.05, 0.1) is 12.5 Å². The monoisotopic (exact) mass is 302 g/mol. The van der Waals surface area contributed by atoms with Crippen LogP contribution in [0, 0.1) is 6.92 Å². The van der Waals surface area contributed by atoms with Crippen molar-refractivity contribution in [3.05, 3.63) is 57.8 Å². The third-order valence-corrected chi connectivity index (χ3v) is 4.45. The molecule has 1 aromatic carbocycles. The molecule has 0 aliphatic heterocycles. The molecule has 0 bridgehead atoms. The average Bonchev–Trinajstić information content (AvgIpc) is 2.95. The molecule has 1 heterocycles. The highest BCUT2D eigenvalue weighted by molar-refractivity contribution is 7.10. The molecule has 1 amide bonds. The van der Waals surface area contributed by atoms with Gasteiger partial charge in [0, 0.05) is 11.4 Å². The molecule has 3 nitrogen and oxygen atoms in total.